The van der Waals surface area contributed by atoms with Crippen LogP contribution in [0.2, 0.25) is 0 Å². The molecule has 0 aromatic rings. The van der Waals surface area contributed by atoms with Gasteiger partial charge in [0.1, 0.15) is 0 Å². The van der Waals surface area contributed by atoms with Crippen LogP contribution < -0.4 is 0 Å². The van der Waals surface area contributed by atoms with Gasteiger partial charge in [0.15, 0.2) is 0 Å². The fourth-order valence-corrected chi connectivity index (χ4v) is 0.768. The molecule has 0 amide bonds. The highest BCUT2D eigenvalue weighted by atomic mass is 16.5. The van der Waals surface area contributed by atoms with E-state index in [4.69, 9.17) is 9.47 Å². The molecule has 0 saturated heterocycles. The van der Waals surface area contributed by atoms with E-state index in [1.54, 1.807) is 7.11 Å². The lowest BCUT2D eigenvalue weighted by molar-refractivity contribution is -0.0641. The van der Waals surface area contributed by atoms with Gasteiger partial charge in [-0.05, 0) is 20.3 Å². The van der Waals surface area contributed by atoms with E-state index in [0.29, 0.717) is 6.61 Å². The molecule has 0 rings (SSSR count). The molecule has 0 aliphatic heterocycles. The molecule has 0 aliphatic carbocycles. The van der Waals surface area contributed by atoms with Gasteiger partial charge in [-0.3, -0.25) is 0 Å². The second-order valence-corrected chi connectivity index (χ2v) is 3.04. The first kappa shape index (κ1) is 9.92. The minimum Gasteiger partial charge on any atom is -0.382 e. The molecule has 2 heteroatoms. The number of rotatable bonds is 5. The first-order valence-electron chi connectivity index (χ1n) is 3.75. The Morgan fingerprint density at radius 2 is 1.90 bits per heavy atom. The molecular weight excluding hydrogens is 128 g/mol. The van der Waals surface area contributed by atoms with Crippen LogP contribution in [0.1, 0.15) is 27.2 Å². The van der Waals surface area contributed by atoms with Crippen molar-refractivity contribution in [2.75, 3.05) is 20.3 Å². The van der Waals surface area contributed by atoms with Gasteiger partial charge >= 0.3 is 0 Å². The molecule has 62 valence electrons. The summed E-state index contributed by atoms with van der Waals surface area (Å²) in [4.78, 5) is 0. The third-order valence-corrected chi connectivity index (χ3v) is 1.19. The van der Waals surface area contributed by atoms with E-state index in [-0.39, 0.29) is 5.60 Å². The number of methoxy groups -OCH3 is 1. The molecule has 0 unspecified atom stereocenters. The Bertz CT molecular complexity index is 79.3. The Labute approximate surface area is 63.5 Å². The Morgan fingerprint density at radius 3 is 2.30 bits per heavy atom. The summed E-state index contributed by atoms with van der Waals surface area (Å²) in [5, 5.41) is 0. The summed E-state index contributed by atoms with van der Waals surface area (Å²) in [7, 11) is 1.69. The zero-order valence-corrected chi connectivity index (χ0v) is 7.44. The van der Waals surface area contributed by atoms with Gasteiger partial charge in [0.25, 0.3) is 0 Å². The third-order valence-electron chi connectivity index (χ3n) is 1.19. The Hall–Kier alpha value is -0.0800. The molecule has 0 radical (unpaired) electrons. The van der Waals surface area contributed by atoms with Crippen molar-refractivity contribution in [1.29, 1.82) is 0 Å². The topological polar surface area (TPSA) is 18.5 Å². The van der Waals surface area contributed by atoms with Gasteiger partial charge in [0, 0.05) is 13.7 Å². The minimum atomic E-state index is -0.120. The summed E-state index contributed by atoms with van der Waals surface area (Å²) >= 11 is 0. The summed E-state index contributed by atoms with van der Waals surface area (Å²) in [6.45, 7) is 7.64. The highest BCUT2D eigenvalue weighted by Gasteiger charge is 2.16. The summed E-state index contributed by atoms with van der Waals surface area (Å²) in [6, 6.07) is 0. The van der Waals surface area contributed by atoms with E-state index >= 15 is 0 Å². The number of ether oxygens (including phenoxy) is 2. The van der Waals surface area contributed by atoms with Crippen LogP contribution in [0.15, 0.2) is 0 Å². The van der Waals surface area contributed by atoms with Crippen LogP contribution in [0, 0.1) is 0 Å². The zero-order chi connectivity index (χ0) is 8.04. The van der Waals surface area contributed by atoms with E-state index in [2.05, 4.69) is 6.92 Å². The second-order valence-electron chi connectivity index (χ2n) is 3.04. The molecule has 0 aromatic heterocycles. The van der Waals surface area contributed by atoms with Crippen molar-refractivity contribution < 1.29 is 9.47 Å². The maximum Gasteiger partial charge on any atom is 0.0858 e. The fraction of sp³-hybridized carbons (Fsp3) is 1.00. The van der Waals surface area contributed by atoms with Gasteiger partial charge in [0.05, 0.1) is 12.2 Å². The quantitative estimate of drug-likeness (QED) is 0.589. The van der Waals surface area contributed by atoms with E-state index in [1.165, 1.54) is 0 Å². The molecular formula is C8H18O2. The predicted molar refractivity (Wildman–Crippen MR) is 42.2 cm³/mol. The van der Waals surface area contributed by atoms with Crippen LogP contribution in [0.3, 0.4) is 0 Å². The van der Waals surface area contributed by atoms with Crippen molar-refractivity contribution >= 4 is 0 Å². The lowest BCUT2D eigenvalue weighted by Gasteiger charge is -2.23. The summed E-state index contributed by atoms with van der Waals surface area (Å²) < 4.78 is 10.5. The lowest BCUT2D eigenvalue weighted by Crippen LogP contribution is -2.30. The van der Waals surface area contributed by atoms with Crippen LogP contribution >= 0.6 is 0 Å². The second kappa shape index (κ2) is 4.69. The molecule has 2 nitrogen and oxygen atoms in total. The van der Waals surface area contributed by atoms with E-state index < -0.39 is 0 Å². The molecule has 10 heavy (non-hydrogen) atoms. The van der Waals surface area contributed by atoms with Crippen LogP contribution in [0.5, 0.6) is 0 Å². The zero-order valence-electron chi connectivity index (χ0n) is 7.44. The molecule has 0 saturated carbocycles. The predicted octanol–water partition coefficient (Wildman–Crippen LogP) is 1.84. The molecule has 0 N–H and O–H groups in total. The highest BCUT2D eigenvalue weighted by molar-refractivity contribution is 4.66. The van der Waals surface area contributed by atoms with Gasteiger partial charge < -0.3 is 9.47 Å². The largest absolute Gasteiger partial charge is 0.382 e. The summed E-state index contributed by atoms with van der Waals surface area (Å²) in [6.07, 6.45) is 1.06. The average Bonchev–Trinajstić information content (AvgIpc) is 1.84. The van der Waals surface area contributed by atoms with Crippen molar-refractivity contribution in [2.45, 2.75) is 32.8 Å². The first-order valence-corrected chi connectivity index (χ1v) is 3.75. The van der Waals surface area contributed by atoms with Crippen LogP contribution in [0.4, 0.5) is 0 Å². The molecule has 0 atom stereocenters. The molecule has 0 aromatic carbocycles. The van der Waals surface area contributed by atoms with Gasteiger partial charge in [-0.15, -0.1) is 0 Å². The van der Waals surface area contributed by atoms with E-state index in [1.807, 2.05) is 13.8 Å². The average molecular weight is 146 g/mol. The van der Waals surface area contributed by atoms with Gasteiger partial charge in [0.2, 0.25) is 0 Å². The van der Waals surface area contributed by atoms with Crippen molar-refractivity contribution in [2.24, 2.45) is 0 Å². The Balaban J connectivity index is 3.42. The van der Waals surface area contributed by atoms with E-state index in [0.717, 1.165) is 13.0 Å². The van der Waals surface area contributed by atoms with Crippen molar-refractivity contribution in [3.05, 3.63) is 0 Å². The maximum atomic E-state index is 5.49. The molecule has 0 spiro atoms. The molecule has 0 bridgehead atoms. The van der Waals surface area contributed by atoms with Gasteiger partial charge in [-0.1, -0.05) is 6.92 Å². The van der Waals surface area contributed by atoms with Crippen LogP contribution in [-0.4, -0.2) is 25.9 Å². The van der Waals surface area contributed by atoms with Crippen molar-refractivity contribution in [3.63, 3.8) is 0 Å². The first-order chi connectivity index (χ1) is 4.62. The van der Waals surface area contributed by atoms with E-state index in [9.17, 15) is 0 Å². The fourth-order valence-electron chi connectivity index (χ4n) is 0.768. The van der Waals surface area contributed by atoms with Gasteiger partial charge in [-0.25, -0.2) is 0 Å². The standard InChI is InChI=1S/C8H18O2/c1-5-6-10-8(2,3)7-9-4/h5-7H2,1-4H3. The van der Waals surface area contributed by atoms with Crippen LogP contribution in [0.25, 0.3) is 0 Å². The number of hydrogen-bond acceptors (Lipinski definition) is 2. The molecule has 0 heterocycles. The smallest absolute Gasteiger partial charge is 0.0858 e. The lowest BCUT2D eigenvalue weighted by atomic mass is 10.1. The monoisotopic (exact) mass is 146 g/mol. The van der Waals surface area contributed by atoms with Crippen LogP contribution in [-0.2, 0) is 9.47 Å². The molecule has 0 aliphatic rings. The Morgan fingerprint density at radius 1 is 1.30 bits per heavy atom. The van der Waals surface area contributed by atoms with Crippen molar-refractivity contribution in [1.82, 2.24) is 0 Å². The summed E-state index contributed by atoms with van der Waals surface area (Å²) in [5.74, 6) is 0. The maximum absolute atomic E-state index is 5.49. The number of hydrogen-bond donors (Lipinski definition) is 0. The van der Waals surface area contributed by atoms with Crippen molar-refractivity contribution in [3.8, 4) is 0 Å². The summed E-state index contributed by atoms with van der Waals surface area (Å²) in [5.41, 5.74) is -0.120. The van der Waals surface area contributed by atoms with Gasteiger partial charge in [-0.2, -0.15) is 0 Å². The normalized spacial score (nSPS) is 12.0. The molecule has 0 fully saturated rings. The Kier molecular flexibility index (Phi) is 4.65. The third kappa shape index (κ3) is 4.77. The minimum absolute atomic E-state index is 0.120. The highest BCUT2D eigenvalue weighted by Crippen LogP contribution is 2.08. The SMILES string of the molecule is CCCOC(C)(C)COC.